The first-order valence-corrected chi connectivity index (χ1v) is 6.28. The first kappa shape index (κ1) is 13.1. The molecule has 0 spiro atoms. The predicted octanol–water partition coefficient (Wildman–Crippen LogP) is 1.86. The summed E-state index contributed by atoms with van der Waals surface area (Å²) in [7, 11) is 1.57. The largest absolute Gasteiger partial charge is 0.486 e. The second-order valence-corrected chi connectivity index (χ2v) is 4.29. The Bertz CT molecular complexity index is 705. The average Bonchev–Trinajstić information content (AvgIpc) is 2.53. The van der Waals surface area contributed by atoms with Gasteiger partial charge in [0.05, 0.1) is 4.92 Å². The molecule has 21 heavy (non-hydrogen) atoms. The van der Waals surface area contributed by atoms with E-state index in [1.54, 1.807) is 25.2 Å². The highest BCUT2D eigenvalue weighted by molar-refractivity contribution is 5.77. The van der Waals surface area contributed by atoms with Crippen molar-refractivity contribution in [3.05, 3.63) is 34.6 Å². The lowest BCUT2D eigenvalue weighted by Gasteiger charge is -2.18. The summed E-state index contributed by atoms with van der Waals surface area (Å²) in [6.45, 7) is 0.938. The Labute approximate surface area is 119 Å². The van der Waals surface area contributed by atoms with Crippen molar-refractivity contribution in [1.29, 1.82) is 0 Å². The fraction of sp³-hybridized carbons (Fsp3) is 0.231. The molecule has 0 fully saturated rings. The molecule has 8 heteroatoms. The minimum absolute atomic E-state index is 0.167. The van der Waals surface area contributed by atoms with Gasteiger partial charge in [0, 0.05) is 12.6 Å². The van der Waals surface area contributed by atoms with Crippen molar-refractivity contribution in [3.63, 3.8) is 0 Å². The van der Waals surface area contributed by atoms with Crippen molar-refractivity contribution in [2.75, 3.05) is 25.6 Å². The van der Waals surface area contributed by atoms with Crippen LogP contribution >= 0.6 is 0 Å². The van der Waals surface area contributed by atoms with E-state index >= 15 is 0 Å². The van der Waals surface area contributed by atoms with Gasteiger partial charge in [-0.1, -0.05) is 0 Å². The molecule has 0 atom stereocenters. The number of aromatic nitrogens is 2. The molecular formula is C13H12N4O4. The highest BCUT2D eigenvalue weighted by Crippen LogP contribution is 2.38. The van der Waals surface area contributed by atoms with E-state index in [1.165, 1.54) is 6.33 Å². The molecule has 3 rings (SSSR count). The van der Waals surface area contributed by atoms with Crippen molar-refractivity contribution in [1.82, 2.24) is 9.97 Å². The Morgan fingerprint density at radius 1 is 1.24 bits per heavy atom. The molecule has 1 aromatic carbocycles. The van der Waals surface area contributed by atoms with Gasteiger partial charge in [0.15, 0.2) is 17.2 Å². The first-order valence-electron chi connectivity index (χ1n) is 6.28. The smallest absolute Gasteiger partial charge is 0.337 e. The van der Waals surface area contributed by atoms with Gasteiger partial charge < -0.3 is 14.8 Å². The highest BCUT2D eigenvalue weighted by atomic mass is 16.6. The van der Waals surface area contributed by atoms with E-state index in [9.17, 15) is 10.1 Å². The van der Waals surface area contributed by atoms with E-state index in [0.29, 0.717) is 30.3 Å². The summed E-state index contributed by atoms with van der Waals surface area (Å²) < 4.78 is 10.9. The summed E-state index contributed by atoms with van der Waals surface area (Å²) >= 11 is 0. The molecule has 1 aromatic heterocycles. The van der Waals surface area contributed by atoms with Crippen molar-refractivity contribution in [2.24, 2.45) is 0 Å². The quantitative estimate of drug-likeness (QED) is 0.679. The van der Waals surface area contributed by atoms with Crippen LogP contribution in [0, 0.1) is 10.1 Å². The molecule has 1 aliphatic heterocycles. The van der Waals surface area contributed by atoms with Crippen LogP contribution in [0.5, 0.6) is 11.5 Å². The van der Waals surface area contributed by atoms with Crippen LogP contribution in [0.3, 0.4) is 0 Å². The minimum atomic E-state index is -0.502. The van der Waals surface area contributed by atoms with Gasteiger partial charge in [0.1, 0.15) is 19.5 Å². The van der Waals surface area contributed by atoms with Crippen LogP contribution < -0.4 is 14.8 Å². The predicted molar refractivity (Wildman–Crippen MR) is 74.7 cm³/mol. The van der Waals surface area contributed by atoms with E-state index in [2.05, 4.69) is 15.3 Å². The highest BCUT2D eigenvalue weighted by Gasteiger charge is 2.24. The van der Waals surface area contributed by atoms with Gasteiger partial charge in [-0.15, -0.1) is 0 Å². The molecule has 0 unspecified atom stereocenters. The maximum absolute atomic E-state index is 11.3. The fourth-order valence-electron chi connectivity index (χ4n) is 2.14. The fourth-order valence-corrected chi connectivity index (χ4v) is 2.14. The topological polar surface area (TPSA) is 99.4 Å². The molecule has 2 aromatic rings. The van der Waals surface area contributed by atoms with Crippen LogP contribution in [0.2, 0.25) is 0 Å². The van der Waals surface area contributed by atoms with Crippen molar-refractivity contribution >= 4 is 11.5 Å². The SMILES string of the molecule is CNc1ncnc(-c2ccc3c(c2)OCCO3)c1[N+](=O)[O-]. The summed E-state index contributed by atoms with van der Waals surface area (Å²) in [6.07, 6.45) is 1.28. The number of fused-ring (bicyclic) bond motifs is 1. The molecule has 2 heterocycles. The molecule has 8 nitrogen and oxygen atoms in total. The normalized spacial score (nSPS) is 12.8. The van der Waals surface area contributed by atoms with E-state index in [-0.39, 0.29) is 17.2 Å². The summed E-state index contributed by atoms with van der Waals surface area (Å²) in [5.41, 5.74) is 0.637. The van der Waals surface area contributed by atoms with E-state index in [4.69, 9.17) is 9.47 Å². The number of anilines is 1. The molecular weight excluding hydrogens is 276 g/mol. The van der Waals surface area contributed by atoms with Gasteiger partial charge in [-0.25, -0.2) is 9.97 Å². The molecule has 0 amide bonds. The summed E-state index contributed by atoms with van der Waals surface area (Å²) in [5, 5.41) is 14.0. The van der Waals surface area contributed by atoms with Crippen LogP contribution in [0.1, 0.15) is 0 Å². The zero-order chi connectivity index (χ0) is 14.8. The number of nitrogens with zero attached hydrogens (tertiary/aromatic N) is 3. The van der Waals surface area contributed by atoms with Crippen LogP contribution in [0.4, 0.5) is 11.5 Å². The van der Waals surface area contributed by atoms with Crippen molar-refractivity contribution in [3.8, 4) is 22.8 Å². The second-order valence-electron chi connectivity index (χ2n) is 4.29. The Hall–Kier alpha value is -2.90. The van der Waals surface area contributed by atoms with Crippen LogP contribution in [-0.2, 0) is 0 Å². The number of benzene rings is 1. The van der Waals surface area contributed by atoms with Gasteiger partial charge in [0.2, 0.25) is 5.82 Å². The number of nitrogens with one attached hydrogen (secondary N) is 1. The molecule has 1 aliphatic rings. The lowest BCUT2D eigenvalue weighted by atomic mass is 10.1. The Kier molecular flexibility index (Phi) is 3.27. The monoisotopic (exact) mass is 288 g/mol. The summed E-state index contributed by atoms with van der Waals surface area (Å²) in [6, 6.07) is 5.11. The Morgan fingerprint density at radius 3 is 2.71 bits per heavy atom. The molecule has 0 saturated heterocycles. The van der Waals surface area contributed by atoms with Gasteiger partial charge in [-0.3, -0.25) is 10.1 Å². The molecule has 108 valence electrons. The van der Waals surface area contributed by atoms with Gasteiger partial charge >= 0.3 is 5.69 Å². The van der Waals surface area contributed by atoms with E-state index in [0.717, 1.165) is 0 Å². The average molecular weight is 288 g/mol. The number of ether oxygens (including phenoxy) is 2. The molecule has 0 radical (unpaired) electrons. The van der Waals surface area contributed by atoms with Crippen molar-refractivity contribution in [2.45, 2.75) is 0 Å². The number of rotatable bonds is 3. The van der Waals surface area contributed by atoms with Crippen molar-refractivity contribution < 1.29 is 14.4 Å². The second kappa shape index (κ2) is 5.23. The third kappa shape index (κ3) is 2.31. The lowest BCUT2D eigenvalue weighted by molar-refractivity contribution is -0.383. The van der Waals surface area contributed by atoms with Crippen LogP contribution in [0.25, 0.3) is 11.3 Å². The van der Waals surface area contributed by atoms with E-state index in [1.807, 2.05) is 0 Å². The van der Waals surface area contributed by atoms with Gasteiger partial charge in [-0.2, -0.15) is 0 Å². The summed E-state index contributed by atoms with van der Waals surface area (Å²) in [5.74, 6) is 1.34. The van der Waals surface area contributed by atoms with Crippen LogP contribution in [0.15, 0.2) is 24.5 Å². The third-order valence-electron chi connectivity index (χ3n) is 3.06. The molecule has 0 bridgehead atoms. The van der Waals surface area contributed by atoms with Gasteiger partial charge in [-0.05, 0) is 18.2 Å². The molecule has 0 saturated carbocycles. The zero-order valence-corrected chi connectivity index (χ0v) is 11.2. The number of nitro groups is 1. The molecule has 1 N–H and O–H groups in total. The minimum Gasteiger partial charge on any atom is -0.486 e. The van der Waals surface area contributed by atoms with Gasteiger partial charge in [0.25, 0.3) is 0 Å². The lowest BCUT2D eigenvalue weighted by Crippen LogP contribution is -2.15. The summed E-state index contributed by atoms with van der Waals surface area (Å²) in [4.78, 5) is 18.7. The Balaban J connectivity index is 2.14. The van der Waals surface area contributed by atoms with Crippen LogP contribution in [-0.4, -0.2) is 35.2 Å². The standard InChI is InChI=1S/C13H12N4O4/c1-14-13-12(17(18)19)11(15-7-16-13)8-2-3-9-10(6-8)21-5-4-20-9/h2-3,6-7H,4-5H2,1H3,(H,14,15,16). The number of hydrogen-bond donors (Lipinski definition) is 1. The van der Waals surface area contributed by atoms with E-state index < -0.39 is 4.92 Å². The number of hydrogen-bond acceptors (Lipinski definition) is 7. The zero-order valence-electron chi connectivity index (χ0n) is 11.2. The first-order chi connectivity index (χ1) is 10.2. The molecule has 0 aliphatic carbocycles. The maximum atomic E-state index is 11.3. The Morgan fingerprint density at radius 2 is 2.00 bits per heavy atom. The maximum Gasteiger partial charge on any atom is 0.337 e. The third-order valence-corrected chi connectivity index (χ3v) is 3.06.